The van der Waals surface area contributed by atoms with Crippen molar-refractivity contribution in [3.63, 3.8) is 0 Å². The fourth-order valence-corrected chi connectivity index (χ4v) is 4.40. The first-order chi connectivity index (χ1) is 16.4. The van der Waals surface area contributed by atoms with Gasteiger partial charge >= 0.3 is 0 Å². The van der Waals surface area contributed by atoms with Crippen LogP contribution in [0.4, 0.5) is 5.82 Å². The number of carbonyl (C=O) groups is 1. The van der Waals surface area contributed by atoms with Crippen LogP contribution in [0.15, 0.2) is 59.7 Å². The maximum atomic E-state index is 13.0. The van der Waals surface area contributed by atoms with Crippen molar-refractivity contribution < 1.29 is 4.79 Å². The summed E-state index contributed by atoms with van der Waals surface area (Å²) in [7, 11) is 1.88. The lowest BCUT2D eigenvalue weighted by atomic mass is 10.1. The van der Waals surface area contributed by atoms with Crippen molar-refractivity contribution in [3.05, 3.63) is 82.0 Å². The zero-order valence-electron chi connectivity index (χ0n) is 19.5. The number of nitrogens with one attached hydrogen (secondary N) is 1. The number of nitrogens with two attached hydrogens (primary N) is 2. The van der Waals surface area contributed by atoms with E-state index in [9.17, 15) is 9.59 Å². The average Bonchev–Trinajstić information content (AvgIpc) is 3.26. The molecule has 1 aliphatic carbocycles. The molecule has 1 aliphatic rings. The number of allylic oxidation sites excluding steroid dienone is 1. The monoisotopic (exact) mass is 458 g/mol. The van der Waals surface area contributed by atoms with E-state index in [0.717, 1.165) is 36.9 Å². The van der Waals surface area contributed by atoms with E-state index in [1.165, 1.54) is 18.3 Å². The maximum Gasteiger partial charge on any atom is 0.250 e. The van der Waals surface area contributed by atoms with E-state index < -0.39 is 5.78 Å². The highest BCUT2D eigenvalue weighted by atomic mass is 16.1. The summed E-state index contributed by atoms with van der Waals surface area (Å²) in [6.45, 7) is 2.95. The Labute approximate surface area is 198 Å². The highest BCUT2D eigenvalue weighted by molar-refractivity contribution is 6.09. The van der Waals surface area contributed by atoms with Crippen LogP contribution in [0.2, 0.25) is 0 Å². The molecule has 0 aliphatic heterocycles. The van der Waals surface area contributed by atoms with Gasteiger partial charge in [-0.2, -0.15) is 0 Å². The van der Waals surface area contributed by atoms with E-state index in [4.69, 9.17) is 11.5 Å². The van der Waals surface area contributed by atoms with Crippen molar-refractivity contribution in [3.8, 4) is 11.3 Å². The van der Waals surface area contributed by atoms with Crippen LogP contribution in [0.5, 0.6) is 0 Å². The zero-order chi connectivity index (χ0) is 24.2. The molecule has 0 bridgehead atoms. The van der Waals surface area contributed by atoms with E-state index >= 15 is 0 Å². The Hall–Kier alpha value is -3.78. The van der Waals surface area contributed by atoms with Gasteiger partial charge < -0.3 is 21.4 Å². The van der Waals surface area contributed by atoms with E-state index in [0.29, 0.717) is 22.9 Å². The number of benzene rings is 1. The molecule has 8 nitrogen and oxygen atoms in total. The first-order valence-corrected chi connectivity index (χ1v) is 11.5. The SMILES string of the molecule is CNCc1ccc(C(N)=CC(=O)c2nc(-c3ccc(=O)n(C4CCC(C)C4)c3)cnc2N)cc1. The van der Waals surface area contributed by atoms with Gasteiger partial charge in [0.2, 0.25) is 5.78 Å². The number of rotatable bonds is 7. The molecule has 0 radical (unpaired) electrons. The van der Waals surface area contributed by atoms with Gasteiger partial charge in [-0.15, -0.1) is 0 Å². The van der Waals surface area contributed by atoms with Gasteiger partial charge in [-0.3, -0.25) is 9.59 Å². The summed E-state index contributed by atoms with van der Waals surface area (Å²) in [5.74, 6) is 0.194. The van der Waals surface area contributed by atoms with Crippen LogP contribution in [-0.4, -0.2) is 27.4 Å². The molecule has 2 unspecified atom stereocenters. The maximum absolute atomic E-state index is 13.0. The van der Waals surface area contributed by atoms with Crippen molar-refractivity contribution >= 4 is 17.3 Å². The number of anilines is 1. The molecule has 176 valence electrons. The van der Waals surface area contributed by atoms with Crippen molar-refractivity contribution in [2.45, 2.75) is 38.8 Å². The standard InChI is InChI=1S/C26H30N6O2/c1-16-3-9-20(11-16)32-15-19(8-10-24(32)34)22-14-30-26(28)25(31-22)23(33)12-21(27)18-6-4-17(5-7-18)13-29-2/h4-8,10,12,14-16,20,29H,3,9,11,13,27H2,1-2H3,(H2,28,30). The third-order valence-electron chi connectivity index (χ3n) is 6.28. The second kappa shape index (κ2) is 10.0. The van der Waals surface area contributed by atoms with Gasteiger partial charge in [0.05, 0.1) is 11.9 Å². The van der Waals surface area contributed by atoms with Gasteiger partial charge in [0, 0.05) is 42.2 Å². The topological polar surface area (TPSA) is 129 Å². The third-order valence-corrected chi connectivity index (χ3v) is 6.28. The van der Waals surface area contributed by atoms with Crippen LogP contribution in [0.1, 0.15) is 53.8 Å². The van der Waals surface area contributed by atoms with Gasteiger partial charge in [-0.1, -0.05) is 31.2 Å². The van der Waals surface area contributed by atoms with Gasteiger partial charge in [-0.25, -0.2) is 9.97 Å². The molecule has 2 aromatic heterocycles. The van der Waals surface area contributed by atoms with Crippen molar-refractivity contribution in [1.82, 2.24) is 19.9 Å². The van der Waals surface area contributed by atoms with Gasteiger partial charge in [0.15, 0.2) is 11.5 Å². The average molecular weight is 459 g/mol. The van der Waals surface area contributed by atoms with Crippen molar-refractivity contribution in [1.29, 1.82) is 0 Å². The molecule has 3 aromatic rings. The quantitative estimate of drug-likeness (QED) is 0.366. The predicted molar refractivity (Wildman–Crippen MR) is 134 cm³/mol. The Bertz CT molecular complexity index is 1280. The number of pyridine rings is 1. The van der Waals surface area contributed by atoms with Crippen LogP contribution in [0.25, 0.3) is 17.0 Å². The molecule has 2 heterocycles. The Morgan fingerprint density at radius 3 is 2.65 bits per heavy atom. The zero-order valence-corrected chi connectivity index (χ0v) is 19.5. The van der Waals surface area contributed by atoms with E-state index in [2.05, 4.69) is 22.2 Å². The Morgan fingerprint density at radius 2 is 1.97 bits per heavy atom. The van der Waals surface area contributed by atoms with Crippen molar-refractivity contribution in [2.75, 3.05) is 12.8 Å². The normalized spacial score (nSPS) is 18.2. The van der Waals surface area contributed by atoms with Crippen LogP contribution < -0.4 is 22.3 Å². The second-order valence-electron chi connectivity index (χ2n) is 8.92. The van der Waals surface area contributed by atoms with Gasteiger partial charge in [0.25, 0.3) is 5.56 Å². The smallest absolute Gasteiger partial charge is 0.250 e. The first-order valence-electron chi connectivity index (χ1n) is 11.5. The highest BCUT2D eigenvalue weighted by Crippen LogP contribution is 2.33. The summed E-state index contributed by atoms with van der Waals surface area (Å²) < 4.78 is 1.77. The number of nitrogen functional groups attached to an aromatic ring is 1. The molecule has 0 amide bonds. The number of hydrogen-bond donors (Lipinski definition) is 3. The van der Waals surface area contributed by atoms with Crippen molar-refractivity contribution in [2.24, 2.45) is 11.7 Å². The minimum Gasteiger partial charge on any atom is -0.398 e. The van der Waals surface area contributed by atoms with Crippen LogP contribution in [-0.2, 0) is 6.54 Å². The second-order valence-corrected chi connectivity index (χ2v) is 8.92. The molecule has 4 rings (SSSR count). The lowest BCUT2D eigenvalue weighted by Crippen LogP contribution is -2.22. The molecule has 0 saturated heterocycles. The fraction of sp³-hybridized carbons (Fsp3) is 0.308. The van der Waals surface area contributed by atoms with E-state index in [1.54, 1.807) is 16.8 Å². The van der Waals surface area contributed by atoms with Crippen LogP contribution in [0.3, 0.4) is 0 Å². The van der Waals surface area contributed by atoms with Gasteiger partial charge in [-0.05, 0) is 49.4 Å². The molecule has 0 spiro atoms. The molecule has 34 heavy (non-hydrogen) atoms. The minimum atomic E-state index is -0.429. The van der Waals surface area contributed by atoms with Gasteiger partial charge in [0.1, 0.15) is 0 Å². The predicted octanol–water partition coefficient (Wildman–Crippen LogP) is 3.15. The molecular weight excluding hydrogens is 428 g/mol. The number of ketones is 1. The summed E-state index contributed by atoms with van der Waals surface area (Å²) >= 11 is 0. The Kier molecular flexibility index (Phi) is 6.88. The molecule has 1 fully saturated rings. The molecule has 1 aromatic carbocycles. The highest BCUT2D eigenvalue weighted by Gasteiger charge is 2.24. The molecule has 5 N–H and O–H groups in total. The largest absolute Gasteiger partial charge is 0.398 e. The van der Waals surface area contributed by atoms with Crippen LogP contribution in [0, 0.1) is 5.92 Å². The van der Waals surface area contributed by atoms with E-state index in [1.807, 2.05) is 31.3 Å². The molecule has 8 heteroatoms. The summed E-state index contributed by atoms with van der Waals surface area (Å²) in [6, 6.07) is 11.0. The summed E-state index contributed by atoms with van der Waals surface area (Å²) in [5, 5.41) is 3.09. The van der Waals surface area contributed by atoms with Crippen LogP contribution >= 0.6 is 0 Å². The summed E-state index contributed by atoms with van der Waals surface area (Å²) in [4.78, 5) is 34.1. The third kappa shape index (κ3) is 5.07. The Balaban J connectivity index is 1.61. The van der Waals surface area contributed by atoms with E-state index in [-0.39, 0.29) is 23.1 Å². The number of aromatic nitrogens is 3. The Morgan fingerprint density at radius 1 is 1.21 bits per heavy atom. The lowest BCUT2D eigenvalue weighted by molar-refractivity contribution is 0.104. The lowest BCUT2D eigenvalue weighted by Gasteiger charge is -2.15. The first kappa shape index (κ1) is 23.4. The molecule has 2 atom stereocenters. The molecule has 1 saturated carbocycles. The summed E-state index contributed by atoms with van der Waals surface area (Å²) in [6.07, 6.45) is 7.69. The molecular formula is C26H30N6O2. The minimum absolute atomic E-state index is 0.0273. The summed E-state index contributed by atoms with van der Waals surface area (Å²) in [5.41, 5.74) is 15.5. The number of nitrogens with zero attached hydrogens (tertiary/aromatic N) is 3. The number of hydrogen-bond acceptors (Lipinski definition) is 7. The number of carbonyl (C=O) groups excluding carboxylic acids is 1. The fourth-order valence-electron chi connectivity index (χ4n) is 4.40.